The molecule has 1 rings (SSSR count). The van der Waals surface area contributed by atoms with Crippen molar-refractivity contribution in [1.82, 2.24) is 4.98 Å². The topological polar surface area (TPSA) is 30.0 Å². The van der Waals surface area contributed by atoms with E-state index in [1.165, 1.54) is 0 Å². The second-order valence-corrected chi connectivity index (χ2v) is 4.81. The Labute approximate surface area is 92.9 Å². The van der Waals surface area contributed by atoms with Gasteiger partial charge in [0.1, 0.15) is 0 Å². The quantitative estimate of drug-likeness (QED) is 0.612. The van der Waals surface area contributed by atoms with Crippen LogP contribution in [0.4, 0.5) is 0 Å². The van der Waals surface area contributed by atoms with Gasteiger partial charge in [-0.2, -0.15) is 0 Å². The van der Waals surface area contributed by atoms with Gasteiger partial charge in [0, 0.05) is 18.0 Å². The number of Topliss-reactive ketones (excluding diaryl/α,β-unsaturated/α-hetero) is 1. The molecule has 0 bridgehead atoms. The van der Waals surface area contributed by atoms with Gasteiger partial charge in [0.15, 0.2) is 5.78 Å². The van der Waals surface area contributed by atoms with Gasteiger partial charge < -0.3 is 0 Å². The molecule has 0 fully saturated rings. The van der Waals surface area contributed by atoms with Gasteiger partial charge in [-0.25, -0.2) is 0 Å². The highest BCUT2D eigenvalue weighted by Gasteiger charge is 2.17. The third-order valence-electron chi connectivity index (χ3n) is 1.91. The lowest BCUT2D eigenvalue weighted by atomic mass is 10.0. The molecule has 0 saturated carbocycles. The number of carbonyl (C=O) groups is 1. The predicted molar refractivity (Wildman–Crippen MR) is 60.7 cm³/mol. The smallest absolute Gasteiger partial charge is 0.178 e. The molecule has 1 aromatic heterocycles. The van der Waals surface area contributed by atoms with Gasteiger partial charge in [-0.3, -0.25) is 9.78 Å². The maximum absolute atomic E-state index is 11.8. The molecule has 14 heavy (non-hydrogen) atoms. The minimum atomic E-state index is -0.0910. The molecular weight excluding hydrogens is 242 g/mol. The molecule has 0 aromatic carbocycles. The largest absolute Gasteiger partial charge is 0.293 e. The normalized spacial score (nSPS) is 12.9. The second-order valence-electron chi connectivity index (χ2n) is 3.70. The highest BCUT2D eigenvalue weighted by Crippen LogP contribution is 2.17. The summed E-state index contributed by atoms with van der Waals surface area (Å²) in [5.41, 5.74) is 0.676. The van der Waals surface area contributed by atoms with Crippen molar-refractivity contribution in [2.45, 2.75) is 25.1 Å². The van der Waals surface area contributed by atoms with Gasteiger partial charge in [-0.05, 0) is 24.5 Å². The van der Waals surface area contributed by atoms with E-state index in [4.69, 9.17) is 0 Å². The molecule has 3 heteroatoms. The van der Waals surface area contributed by atoms with E-state index in [0.29, 0.717) is 11.5 Å². The third-order valence-corrected chi connectivity index (χ3v) is 2.70. The van der Waals surface area contributed by atoms with E-state index in [-0.39, 0.29) is 10.6 Å². The Hall–Kier alpha value is -0.700. The summed E-state index contributed by atoms with van der Waals surface area (Å²) in [4.78, 5) is 15.6. The van der Waals surface area contributed by atoms with Crippen molar-refractivity contribution in [3.8, 4) is 0 Å². The number of hydrogen-bond acceptors (Lipinski definition) is 2. The lowest BCUT2D eigenvalue weighted by Crippen LogP contribution is -2.16. The highest BCUT2D eigenvalue weighted by molar-refractivity contribution is 9.10. The predicted octanol–water partition coefficient (Wildman–Crippen LogP) is 3.07. The second kappa shape index (κ2) is 5.25. The van der Waals surface area contributed by atoms with Crippen LogP contribution in [0, 0.1) is 5.92 Å². The molecule has 76 valence electrons. The molecule has 0 saturated heterocycles. The molecule has 0 spiro atoms. The maximum Gasteiger partial charge on any atom is 0.178 e. The number of pyridine rings is 1. The summed E-state index contributed by atoms with van der Waals surface area (Å²) in [5, 5.41) is 0. The molecule has 1 unspecified atom stereocenters. The Kier molecular flexibility index (Phi) is 4.26. The molecular formula is C11H14BrNO. The zero-order chi connectivity index (χ0) is 10.6. The molecule has 0 aliphatic carbocycles. The van der Waals surface area contributed by atoms with Crippen LogP contribution in [0.3, 0.4) is 0 Å². The third kappa shape index (κ3) is 3.22. The first kappa shape index (κ1) is 11.4. The molecule has 1 atom stereocenters. The van der Waals surface area contributed by atoms with Gasteiger partial charge in [-0.15, -0.1) is 0 Å². The van der Waals surface area contributed by atoms with Crippen LogP contribution in [0.5, 0.6) is 0 Å². The van der Waals surface area contributed by atoms with Gasteiger partial charge in [0.25, 0.3) is 0 Å². The average molecular weight is 256 g/mol. The number of carbonyl (C=O) groups excluding carboxylic acids is 1. The van der Waals surface area contributed by atoms with Crippen LogP contribution in [0.1, 0.15) is 30.6 Å². The number of aromatic nitrogens is 1. The Balaban J connectivity index is 2.66. The zero-order valence-electron chi connectivity index (χ0n) is 8.40. The highest BCUT2D eigenvalue weighted by atomic mass is 79.9. The zero-order valence-corrected chi connectivity index (χ0v) is 9.99. The summed E-state index contributed by atoms with van der Waals surface area (Å²) in [6.07, 6.45) is 4.13. The van der Waals surface area contributed by atoms with Gasteiger partial charge in [0.05, 0.1) is 4.83 Å². The Morgan fingerprint density at radius 1 is 1.57 bits per heavy atom. The first-order valence-corrected chi connectivity index (χ1v) is 5.61. The minimum absolute atomic E-state index is 0.0910. The van der Waals surface area contributed by atoms with Crippen LogP contribution in [0.2, 0.25) is 0 Å². The summed E-state index contributed by atoms with van der Waals surface area (Å²) in [6, 6.07) is 3.58. The lowest BCUT2D eigenvalue weighted by Gasteiger charge is -2.10. The van der Waals surface area contributed by atoms with Gasteiger partial charge >= 0.3 is 0 Å². The molecule has 1 aromatic rings. The Morgan fingerprint density at radius 2 is 2.29 bits per heavy atom. The van der Waals surface area contributed by atoms with Crippen LogP contribution in [-0.2, 0) is 0 Å². The summed E-state index contributed by atoms with van der Waals surface area (Å²) >= 11 is 3.40. The summed E-state index contributed by atoms with van der Waals surface area (Å²) < 4.78 is 0. The number of ketones is 1. The number of hydrogen-bond donors (Lipinski definition) is 0. The fourth-order valence-electron chi connectivity index (χ4n) is 1.21. The van der Waals surface area contributed by atoms with Crippen molar-refractivity contribution in [2.24, 2.45) is 5.92 Å². The van der Waals surface area contributed by atoms with E-state index >= 15 is 0 Å². The van der Waals surface area contributed by atoms with Crippen molar-refractivity contribution < 1.29 is 4.79 Å². The van der Waals surface area contributed by atoms with E-state index in [9.17, 15) is 4.79 Å². The molecule has 0 aliphatic rings. The van der Waals surface area contributed by atoms with Crippen LogP contribution in [0.25, 0.3) is 0 Å². The van der Waals surface area contributed by atoms with Crippen LogP contribution < -0.4 is 0 Å². The van der Waals surface area contributed by atoms with Crippen molar-refractivity contribution in [2.75, 3.05) is 0 Å². The van der Waals surface area contributed by atoms with Gasteiger partial charge in [-0.1, -0.05) is 29.8 Å². The van der Waals surface area contributed by atoms with Crippen LogP contribution in [-0.4, -0.2) is 15.6 Å². The van der Waals surface area contributed by atoms with E-state index in [1.54, 1.807) is 24.5 Å². The van der Waals surface area contributed by atoms with Crippen molar-refractivity contribution >= 4 is 21.7 Å². The first-order chi connectivity index (χ1) is 6.61. The SMILES string of the molecule is CC(C)CC(Br)C(=O)c1cccnc1. The fraction of sp³-hybridized carbons (Fsp3) is 0.455. The van der Waals surface area contributed by atoms with E-state index in [1.807, 2.05) is 0 Å². The maximum atomic E-state index is 11.8. The molecule has 0 aliphatic heterocycles. The fourth-order valence-corrected chi connectivity index (χ4v) is 2.22. The number of alkyl halides is 1. The summed E-state index contributed by atoms with van der Waals surface area (Å²) in [5.74, 6) is 0.631. The van der Waals surface area contributed by atoms with Gasteiger partial charge in [0.2, 0.25) is 0 Å². The van der Waals surface area contributed by atoms with E-state index in [2.05, 4.69) is 34.8 Å². The summed E-state index contributed by atoms with van der Waals surface area (Å²) in [6.45, 7) is 4.20. The van der Waals surface area contributed by atoms with E-state index in [0.717, 1.165) is 6.42 Å². The number of nitrogens with zero attached hydrogens (tertiary/aromatic N) is 1. The lowest BCUT2D eigenvalue weighted by molar-refractivity contribution is 0.0984. The van der Waals surface area contributed by atoms with Crippen LogP contribution >= 0.6 is 15.9 Å². The van der Waals surface area contributed by atoms with Crippen LogP contribution in [0.15, 0.2) is 24.5 Å². The monoisotopic (exact) mass is 255 g/mol. The molecule has 1 heterocycles. The minimum Gasteiger partial charge on any atom is -0.293 e. The van der Waals surface area contributed by atoms with Crippen molar-refractivity contribution in [3.63, 3.8) is 0 Å². The summed E-state index contributed by atoms with van der Waals surface area (Å²) in [7, 11) is 0. The number of halogens is 1. The van der Waals surface area contributed by atoms with Crippen molar-refractivity contribution in [3.05, 3.63) is 30.1 Å². The molecule has 0 amide bonds. The number of rotatable bonds is 4. The Bertz CT molecular complexity index is 297. The van der Waals surface area contributed by atoms with E-state index < -0.39 is 0 Å². The average Bonchev–Trinajstić information content (AvgIpc) is 2.17. The molecule has 0 N–H and O–H groups in total. The molecule has 2 nitrogen and oxygen atoms in total. The Morgan fingerprint density at radius 3 is 2.79 bits per heavy atom. The first-order valence-electron chi connectivity index (χ1n) is 4.69. The van der Waals surface area contributed by atoms with Crippen molar-refractivity contribution in [1.29, 1.82) is 0 Å². The standard InChI is InChI=1S/C11H14BrNO/c1-8(2)6-10(12)11(14)9-4-3-5-13-7-9/h3-5,7-8,10H,6H2,1-2H3. The molecule has 0 radical (unpaired) electrons.